The molecule has 1 atom stereocenters. The highest BCUT2D eigenvalue weighted by Gasteiger charge is 2.21. The Bertz CT molecular complexity index is 1460. The van der Waals surface area contributed by atoms with Gasteiger partial charge in [-0.15, -0.1) is 0 Å². The molecule has 8 nitrogen and oxygen atoms in total. The number of nitrogens with zero attached hydrogens (tertiary/aromatic N) is 2. The fourth-order valence-electron chi connectivity index (χ4n) is 3.67. The molecule has 4 rings (SSSR count). The summed E-state index contributed by atoms with van der Waals surface area (Å²) >= 11 is 12.2. The number of rotatable bonds is 7. The van der Waals surface area contributed by atoms with E-state index in [1.807, 2.05) is 6.07 Å². The van der Waals surface area contributed by atoms with E-state index in [0.717, 1.165) is 0 Å². The Kier molecular flexibility index (Phi) is 7.32. The number of aromatic nitrogens is 2. The zero-order chi connectivity index (χ0) is 24.9. The molecule has 0 aliphatic rings. The van der Waals surface area contributed by atoms with E-state index in [9.17, 15) is 9.59 Å². The van der Waals surface area contributed by atoms with Gasteiger partial charge < -0.3 is 16.4 Å². The van der Waals surface area contributed by atoms with E-state index in [1.165, 1.54) is 6.07 Å². The van der Waals surface area contributed by atoms with Crippen LogP contribution in [0.2, 0.25) is 10.0 Å². The maximum absolute atomic E-state index is 13.1. The number of halogens is 2. The molecule has 1 aromatic heterocycles. The monoisotopic (exact) mass is 506 g/mol. The second-order valence-corrected chi connectivity index (χ2v) is 8.59. The molecule has 0 aliphatic heterocycles. The minimum absolute atomic E-state index is 0.254. The molecular formula is C25H20Cl2N6O2. The lowest BCUT2D eigenvalue weighted by Crippen LogP contribution is -2.23. The van der Waals surface area contributed by atoms with Crippen LogP contribution in [0, 0.1) is 11.3 Å². The third-order valence-electron chi connectivity index (χ3n) is 5.43. The second kappa shape index (κ2) is 10.6. The van der Waals surface area contributed by atoms with Gasteiger partial charge in [0.2, 0.25) is 5.91 Å². The standard InChI is InChI=1S/C25H20Cl2N6O2/c26-20-6-4-15(11-21(20)27)18(8-9-28)25(35)30-17-5-7-22-19(12-17)23(33-32-22)31-24(34)16-3-1-2-14(10-16)13-29/h1-7,10-12,18H,8-9,28H2,(H,30,35)(H2,31,32,33,34). The second-order valence-electron chi connectivity index (χ2n) is 7.77. The summed E-state index contributed by atoms with van der Waals surface area (Å²) in [5.41, 5.74) is 8.36. The minimum atomic E-state index is -0.526. The van der Waals surface area contributed by atoms with Gasteiger partial charge in [0.1, 0.15) is 0 Å². The zero-order valence-corrected chi connectivity index (χ0v) is 19.8. The first-order valence-electron chi connectivity index (χ1n) is 10.6. The summed E-state index contributed by atoms with van der Waals surface area (Å²) in [6.07, 6.45) is 0.417. The summed E-state index contributed by atoms with van der Waals surface area (Å²) in [5.74, 6) is -0.893. The molecule has 0 fully saturated rings. The molecule has 0 saturated heterocycles. The van der Waals surface area contributed by atoms with Crippen LogP contribution in [0.25, 0.3) is 10.9 Å². The number of carbonyl (C=O) groups excluding carboxylic acids is 2. The quantitative estimate of drug-likeness (QED) is 0.277. The Morgan fingerprint density at radius 3 is 2.63 bits per heavy atom. The van der Waals surface area contributed by atoms with Crippen molar-refractivity contribution in [3.8, 4) is 6.07 Å². The van der Waals surface area contributed by atoms with Gasteiger partial charge in [0, 0.05) is 16.6 Å². The predicted molar refractivity (Wildman–Crippen MR) is 137 cm³/mol. The zero-order valence-electron chi connectivity index (χ0n) is 18.3. The number of benzene rings is 3. The number of nitrogens with one attached hydrogen (secondary N) is 3. The van der Waals surface area contributed by atoms with E-state index in [4.69, 9.17) is 34.2 Å². The predicted octanol–water partition coefficient (Wildman–Crippen LogP) is 5.06. The normalized spacial score (nSPS) is 11.6. The average molecular weight is 507 g/mol. The van der Waals surface area contributed by atoms with Crippen molar-refractivity contribution in [1.82, 2.24) is 10.2 Å². The van der Waals surface area contributed by atoms with Crippen LogP contribution in [-0.2, 0) is 4.79 Å². The summed E-state index contributed by atoms with van der Waals surface area (Å²) in [5, 5.41) is 23.1. The lowest BCUT2D eigenvalue weighted by Gasteiger charge is -2.17. The van der Waals surface area contributed by atoms with E-state index in [1.54, 1.807) is 54.6 Å². The molecule has 1 heterocycles. The third-order valence-corrected chi connectivity index (χ3v) is 6.17. The fraction of sp³-hybridized carbons (Fsp3) is 0.120. The topological polar surface area (TPSA) is 137 Å². The van der Waals surface area contributed by atoms with Crippen molar-refractivity contribution in [3.63, 3.8) is 0 Å². The molecule has 3 aromatic carbocycles. The Morgan fingerprint density at radius 2 is 1.89 bits per heavy atom. The summed E-state index contributed by atoms with van der Waals surface area (Å²) in [6, 6.07) is 18.6. The number of aromatic amines is 1. The molecule has 10 heteroatoms. The van der Waals surface area contributed by atoms with Crippen molar-refractivity contribution in [3.05, 3.63) is 87.4 Å². The van der Waals surface area contributed by atoms with Crippen LogP contribution in [0.5, 0.6) is 0 Å². The Balaban J connectivity index is 1.56. The van der Waals surface area contributed by atoms with E-state index >= 15 is 0 Å². The van der Waals surface area contributed by atoms with E-state index in [0.29, 0.717) is 62.1 Å². The Morgan fingerprint density at radius 1 is 1.06 bits per heavy atom. The summed E-state index contributed by atoms with van der Waals surface area (Å²) in [4.78, 5) is 25.8. The number of carbonyl (C=O) groups is 2. The Hall–Kier alpha value is -3.90. The highest BCUT2D eigenvalue weighted by molar-refractivity contribution is 6.42. The van der Waals surface area contributed by atoms with Crippen molar-refractivity contribution < 1.29 is 9.59 Å². The molecule has 4 aromatic rings. The number of nitrogens with two attached hydrogens (primary N) is 1. The molecule has 0 spiro atoms. The number of anilines is 2. The maximum Gasteiger partial charge on any atom is 0.256 e. The number of fused-ring (bicyclic) bond motifs is 1. The number of hydrogen-bond acceptors (Lipinski definition) is 5. The van der Waals surface area contributed by atoms with Crippen molar-refractivity contribution in [2.75, 3.05) is 17.2 Å². The molecule has 2 amide bonds. The molecule has 0 saturated carbocycles. The van der Waals surface area contributed by atoms with Gasteiger partial charge in [0.25, 0.3) is 5.91 Å². The van der Waals surface area contributed by atoms with E-state index in [-0.39, 0.29) is 5.91 Å². The van der Waals surface area contributed by atoms with Gasteiger partial charge in [-0.25, -0.2) is 0 Å². The summed E-state index contributed by atoms with van der Waals surface area (Å²) in [6.45, 7) is 0.308. The van der Waals surface area contributed by atoms with Crippen molar-refractivity contribution in [2.24, 2.45) is 5.73 Å². The van der Waals surface area contributed by atoms with Gasteiger partial charge in [-0.2, -0.15) is 10.4 Å². The number of H-pyrrole nitrogens is 1. The first-order chi connectivity index (χ1) is 16.9. The number of amides is 2. The minimum Gasteiger partial charge on any atom is -0.330 e. The number of hydrogen-bond donors (Lipinski definition) is 4. The van der Waals surface area contributed by atoms with E-state index in [2.05, 4.69) is 20.8 Å². The fourth-order valence-corrected chi connectivity index (χ4v) is 3.98. The van der Waals surface area contributed by atoms with Crippen LogP contribution in [0.4, 0.5) is 11.5 Å². The lowest BCUT2D eigenvalue weighted by atomic mass is 9.94. The summed E-state index contributed by atoms with van der Waals surface area (Å²) in [7, 11) is 0. The first kappa shape index (κ1) is 24.2. The molecule has 0 aliphatic carbocycles. The third kappa shape index (κ3) is 5.44. The summed E-state index contributed by atoms with van der Waals surface area (Å²) < 4.78 is 0. The van der Waals surface area contributed by atoms with Gasteiger partial charge in [0.05, 0.1) is 33.1 Å². The average Bonchev–Trinajstić information content (AvgIpc) is 3.26. The Labute approximate surface area is 211 Å². The van der Waals surface area contributed by atoms with Crippen molar-refractivity contribution in [2.45, 2.75) is 12.3 Å². The SMILES string of the molecule is N#Cc1cccc(C(=O)Nc2n[nH]c3ccc(NC(=O)C(CCN)c4ccc(Cl)c(Cl)c4)cc23)c1. The molecular weight excluding hydrogens is 487 g/mol. The molecule has 5 N–H and O–H groups in total. The van der Waals surface area contributed by atoms with Crippen LogP contribution < -0.4 is 16.4 Å². The highest BCUT2D eigenvalue weighted by Crippen LogP contribution is 2.30. The van der Waals surface area contributed by atoms with Crippen LogP contribution in [-0.4, -0.2) is 28.6 Å². The molecule has 0 radical (unpaired) electrons. The molecule has 35 heavy (non-hydrogen) atoms. The largest absolute Gasteiger partial charge is 0.330 e. The van der Waals surface area contributed by atoms with E-state index < -0.39 is 11.8 Å². The maximum atomic E-state index is 13.1. The smallest absolute Gasteiger partial charge is 0.256 e. The van der Waals surface area contributed by atoms with Crippen LogP contribution in [0.15, 0.2) is 60.7 Å². The molecule has 1 unspecified atom stereocenters. The van der Waals surface area contributed by atoms with Gasteiger partial charge in [-0.1, -0.05) is 35.3 Å². The van der Waals surface area contributed by atoms with Crippen LogP contribution in [0.1, 0.15) is 33.8 Å². The van der Waals surface area contributed by atoms with Gasteiger partial charge in [-0.05, 0) is 67.1 Å². The van der Waals surface area contributed by atoms with Gasteiger partial charge >= 0.3 is 0 Å². The highest BCUT2D eigenvalue weighted by atomic mass is 35.5. The molecule has 0 bridgehead atoms. The van der Waals surface area contributed by atoms with Crippen molar-refractivity contribution in [1.29, 1.82) is 5.26 Å². The van der Waals surface area contributed by atoms with Crippen molar-refractivity contribution >= 4 is 57.4 Å². The number of nitriles is 1. The van der Waals surface area contributed by atoms with Crippen LogP contribution >= 0.6 is 23.2 Å². The van der Waals surface area contributed by atoms with Gasteiger partial charge in [-0.3, -0.25) is 14.7 Å². The molecule has 176 valence electrons. The lowest BCUT2D eigenvalue weighted by molar-refractivity contribution is -0.117. The first-order valence-corrected chi connectivity index (χ1v) is 11.4. The van der Waals surface area contributed by atoms with Gasteiger partial charge in [0.15, 0.2) is 5.82 Å². The van der Waals surface area contributed by atoms with Crippen LogP contribution in [0.3, 0.4) is 0 Å².